The maximum atomic E-state index is 11.7. The lowest BCUT2D eigenvalue weighted by molar-refractivity contribution is -0.384. The molecular formula is C17H25N3O4. The van der Waals surface area contributed by atoms with Crippen LogP contribution in [0.25, 0.3) is 0 Å². The first-order chi connectivity index (χ1) is 11.6. The molecule has 0 unspecified atom stereocenters. The minimum Gasteiger partial charge on any atom is -0.484 e. The average Bonchev–Trinajstić information content (AvgIpc) is 2.86. The largest absolute Gasteiger partial charge is 0.484 e. The summed E-state index contributed by atoms with van der Waals surface area (Å²) in [7, 11) is 0. The maximum Gasteiger partial charge on any atom is 0.269 e. The first-order valence-corrected chi connectivity index (χ1v) is 8.52. The van der Waals surface area contributed by atoms with Crippen LogP contribution < -0.4 is 15.4 Å². The van der Waals surface area contributed by atoms with Gasteiger partial charge in [0.1, 0.15) is 5.75 Å². The number of nitrogens with one attached hydrogen (secondary N) is 2. The van der Waals surface area contributed by atoms with E-state index in [1.807, 2.05) is 0 Å². The van der Waals surface area contributed by atoms with Gasteiger partial charge < -0.3 is 15.4 Å². The Kier molecular flexibility index (Phi) is 7.48. The van der Waals surface area contributed by atoms with Crippen molar-refractivity contribution in [3.8, 4) is 5.75 Å². The van der Waals surface area contributed by atoms with Crippen LogP contribution in [0.15, 0.2) is 24.3 Å². The number of non-ortho nitro benzene ring substituents is 1. The number of hydrogen-bond donors (Lipinski definition) is 2. The van der Waals surface area contributed by atoms with Gasteiger partial charge in [-0.2, -0.15) is 0 Å². The third kappa shape index (κ3) is 6.54. The summed E-state index contributed by atoms with van der Waals surface area (Å²) in [6.07, 6.45) is 7.67. The van der Waals surface area contributed by atoms with E-state index in [0.717, 1.165) is 6.54 Å². The van der Waals surface area contributed by atoms with Gasteiger partial charge in [0, 0.05) is 31.3 Å². The molecule has 132 valence electrons. The van der Waals surface area contributed by atoms with Gasteiger partial charge in [0.25, 0.3) is 11.6 Å². The standard InChI is InChI=1S/C17H25N3O4/c21-17(13-24-16-9-7-15(8-10-16)20(22)23)19-12-11-18-14-5-3-1-2-4-6-14/h7-10,14,18H,1-6,11-13H2,(H,19,21). The number of carbonyl (C=O) groups is 1. The van der Waals surface area contributed by atoms with Crippen molar-refractivity contribution in [2.75, 3.05) is 19.7 Å². The lowest BCUT2D eigenvalue weighted by Crippen LogP contribution is -2.38. The first-order valence-electron chi connectivity index (χ1n) is 8.52. The minimum absolute atomic E-state index is 0.00334. The summed E-state index contributed by atoms with van der Waals surface area (Å²) in [5.41, 5.74) is -0.00334. The van der Waals surface area contributed by atoms with E-state index in [9.17, 15) is 14.9 Å². The van der Waals surface area contributed by atoms with Gasteiger partial charge in [-0.15, -0.1) is 0 Å². The van der Waals surface area contributed by atoms with Crippen LogP contribution >= 0.6 is 0 Å². The summed E-state index contributed by atoms with van der Waals surface area (Å²) in [5.74, 6) is 0.239. The van der Waals surface area contributed by atoms with Crippen LogP contribution in [0, 0.1) is 10.1 Å². The molecule has 7 nitrogen and oxygen atoms in total. The van der Waals surface area contributed by atoms with Crippen molar-refractivity contribution in [2.24, 2.45) is 0 Å². The van der Waals surface area contributed by atoms with Crippen molar-refractivity contribution in [3.05, 3.63) is 34.4 Å². The van der Waals surface area contributed by atoms with Crippen LogP contribution in [-0.2, 0) is 4.79 Å². The lowest BCUT2D eigenvalue weighted by Gasteiger charge is -2.16. The van der Waals surface area contributed by atoms with Gasteiger partial charge in [0.2, 0.25) is 0 Å². The number of nitrogens with zero attached hydrogens (tertiary/aromatic N) is 1. The fourth-order valence-corrected chi connectivity index (χ4v) is 2.83. The van der Waals surface area contributed by atoms with Crippen LogP contribution in [0.4, 0.5) is 5.69 Å². The molecule has 2 N–H and O–H groups in total. The third-order valence-electron chi connectivity index (χ3n) is 4.15. The SMILES string of the molecule is O=C(COc1ccc([N+](=O)[O-])cc1)NCCNC1CCCCCC1. The number of ether oxygens (including phenoxy) is 1. The molecule has 1 fully saturated rings. The van der Waals surface area contributed by atoms with Crippen LogP contribution in [0.3, 0.4) is 0 Å². The van der Waals surface area contributed by atoms with E-state index in [-0.39, 0.29) is 18.2 Å². The number of carbonyl (C=O) groups excluding carboxylic acids is 1. The molecule has 24 heavy (non-hydrogen) atoms. The highest BCUT2D eigenvalue weighted by Crippen LogP contribution is 2.17. The van der Waals surface area contributed by atoms with E-state index in [2.05, 4.69) is 10.6 Å². The molecule has 0 radical (unpaired) electrons. The highest BCUT2D eigenvalue weighted by Gasteiger charge is 2.11. The molecule has 0 saturated heterocycles. The van der Waals surface area contributed by atoms with Gasteiger partial charge in [0.15, 0.2) is 6.61 Å². The molecule has 0 atom stereocenters. The topological polar surface area (TPSA) is 93.5 Å². The monoisotopic (exact) mass is 335 g/mol. The summed E-state index contributed by atoms with van der Waals surface area (Å²) < 4.78 is 5.31. The zero-order valence-electron chi connectivity index (χ0n) is 13.8. The van der Waals surface area contributed by atoms with Gasteiger partial charge in [-0.25, -0.2) is 0 Å². The number of nitro groups is 1. The summed E-state index contributed by atoms with van der Waals surface area (Å²) in [4.78, 5) is 21.8. The quantitative estimate of drug-likeness (QED) is 0.329. The fourth-order valence-electron chi connectivity index (χ4n) is 2.83. The molecule has 0 aliphatic heterocycles. The second kappa shape index (κ2) is 9.87. The Morgan fingerprint density at radius 3 is 2.42 bits per heavy atom. The molecule has 0 heterocycles. The molecule has 0 bridgehead atoms. The van der Waals surface area contributed by atoms with Crippen LogP contribution in [0.2, 0.25) is 0 Å². The molecule has 0 spiro atoms. The Bertz CT molecular complexity index is 525. The van der Waals surface area contributed by atoms with Crippen molar-refractivity contribution in [3.63, 3.8) is 0 Å². The van der Waals surface area contributed by atoms with Crippen molar-refractivity contribution in [2.45, 2.75) is 44.6 Å². The van der Waals surface area contributed by atoms with Gasteiger partial charge in [-0.05, 0) is 25.0 Å². The van der Waals surface area contributed by atoms with Gasteiger partial charge in [-0.3, -0.25) is 14.9 Å². The number of rotatable bonds is 8. The van der Waals surface area contributed by atoms with E-state index < -0.39 is 4.92 Å². The van der Waals surface area contributed by atoms with Crippen LogP contribution in [0.1, 0.15) is 38.5 Å². The minimum atomic E-state index is -0.474. The van der Waals surface area contributed by atoms with Gasteiger partial charge in [0.05, 0.1) is 4.92 Å². The molecular weight excluding hydrogens is 310 g/mol. The first kappa shape index (κ1) is 18.2. The average molecular weight is 335 g/mol. The molecule has 1 saturated carbocycles. The number of nitro benzene ring substituents is 1. The summed E-state index contributed by atoms with van der Waals surface area (Å²) in [6, 6.07) is 6.24. The van der Waals surface area contributed by atoms with Crippen LogP contribution in [0.5, 0.6) is 5.75 Å². The predicted octanol–water partition coefficient (Wildman–Crippen LogP) is 2.40. The Balaban J connectivity index is 1.58. The van der Waals surface area contributed by atoms with Crippen molar-refractivity contribution >= 4 is 11.6 Å². The Morgan fingerprint density at radius 2 is 1.79 bits per heavy atom. The molecule has 1 aliphatic carbocycles. The Hall–Kier alpha value is -2.15. The Labute approximate surface area is 141 Å². The Morgan fingerprint density at radius 1 is 1.12 bits per heavy atom. The van der Waals surface area contributed by atoms with Crippen molar-refractivity contribution in [1.29, 1.82) is 0 Å². The summed E-state index contributed by atoms with van der Waals surface area (Å²) in [5, 5.41) is 16.8. The number of benzene rings is 1. The van der Waals surface area contributed by atoms with E-state index >= 15 is 0 Å². The number of hydrogen-bond acceptors (Lipinski definition) is 5. The molecule has 0 aromatic heterocycles. The molecule has 1 aromatic rings. The number of amides is 1. The van der Waals surface area contributed by atoms with E-state index in [4.69, 9.17) is 4.74 Å². The van der Waals surface area contributed by atoms with Crippen LogP contribution in [-0.4, -0.2) is 36.6 Å². The van der Waals surface area contributed by atoms with E-state index in [1.165, 1.54) is 62.8 Å². The van der Waals surface area contributed by atoms with Crippen molar-refractivity contribution in [1.82, 2.24) is 10.6 Å². The molecule has 2 rings (SSSR count). The molecule has 1 amide bonds. The van der Waals surface area contributed by atoms with Gasteiger partial charge in [-0.1, -0.05) is 25.7 Å². The summed E-state index contributed by atoms with van der Waals surface area (Å²) >= 11 is 0. The zero-order chi connectivity index (χ0) is 17.2. The second-order valence-electron chi connectivity index (χ2n) is 6.03. The highest BCUT2D eigenvalue weighted by atomic mass is 16.6. The van der Waals surface area contributed by atoms with Crippen molar-refractivity contribution < 1.29 is 14.5 Å². The smallest absolute Gasteiger partial charge is 0.269 e. The zero-order valence-corrected chi connectivity index (χ0v) is 13.8. The lowest BCUT2D eigenvalue weighted by atomic mass is 10.1. The molecule has 7 heteroatoms. The van der Waals surface area contributed by atoms with Gasteiger partial charge >= 0.3 is 0 Å². The highest BCUT2D eigenvalue weighted by molar-refractivity contribution is 5.77. The normalized spacial score (nSPS) is 15.5. The molecule has 1 aliphatic rings. The molecule has 1 aromatic carbocycles. The van der Waals surface area contributed by atoms with E-state index in [0.29, 0.717) is 18.3 Å². The fraction of sp³-hybridized carbons (Fsp3) is 0.588. The maximum absolute atomic E-state index is 11.7. The second-order valence-corrected chi connectivity index (χ2v) is 6.03. The third-order valence-corrected chi connectivity index (χ3v) is 4.15. The summed E-state index contributed by atoms with van der Waals surface area (Å²) in [6.45, 7) is 1.23. The van der Waals surface area contributed by atoms with E-state index in [1.54, 1.807) is 0 Å². The predicted molar refractivity (Wildman–Crippen MR) is 91.1 cm³/mol.